The third kappa shape index (κ3) is 4.27. The molecule has 7 nitrogen and oxygen atoms in total. The molecule has 0 saturated carbocycles. The molecule has 1 aromatic heterocycles. The topological polar surface area (TPSA) is 69.6 Å². The molecule has 32 heavy (non-hydrogen) atoms. The summed E-state index contributed by atoms with van der Waals surface area (Å²) in [5.74, 6) is 0.815. The van der Waals surface area contributed by atoms with Crippen molar-refractivity contribution < 1.29 is 8.42 Å². The van der Waals surface area contributed by atoms with Gasteiger partial charge in [0, 0.05) is 50.0 Å². The normalized spacial score (nSPS) is 18.3. The van der Waals surface area contributed by atoms with E-state index in [1.807, 2.05) is 18.2 Å². The maximum Gasteiger partial charge on any atom is 0.243 e. The molecular formula is C23H26ClN5O2S. The van der Waals surface area contributed by atoms with E-state index in [1.54, 1.807) is 28.7 Å². The van der Waals surface area contributed by atoms with E-state index in [0.29, 0.717) is 29.0 Å². The van der Waals surface area contributed by atoms with Crippen molar-refractivity contribution in [1.29, 1.82) is 0 Å². The lowest BCUT2D eigenvalue weighted by Gasteiger charge is -2.36. The summed E-state index contributed by atoms with van der Waals surface area (Å²) < 4.78 is 27.5. The first-order valence-corrected chi connectivity index (χ1v) is 12.8. The maximum atomic E-state index is 13.0. The van der Waals surface area contributed by atoms with Crippen molar-refractivity contribution in [2.45, 2.75) is 24.2 Å². The number of hydrogen-bond acceptors (Lipinski definition) is 6. The number of piperidine rings is 1. The second-order valence-electron chi connectivity index (χ2n) is 8.30. The van der Waals surface area contributed by atoms with Crippen molar-refractivity contribution in [3.63, 3.8) is 0 Å². The van der Waals surface area contributed by atoms with E-state index in [2.05, 4.69) is 20.9 Å². The predicted octanol–water partition coefficient (Wildman–Crippen LogP) is 3.78. The predicted molar refractivity (Wildman–Crippen MR) is 128 cm³/mol. The van der Waals surface area contributed by atoms with E-state index >= 15 is 0 Å². The van der Waals surface area contributed by atoms with E-state index in [9.17, 15) is 8.42 Å². The van der Waals surface area contributed by atoms with Crippen LogP contribution in [0.4, 0.5) is 11.5 Å². The molecule has 2 aliphatic rings. The number of benzene rings is 2. The molecule has 3 heterocycles. The van der Waals surface area contributed by atoms with Gasteiger partial charge < -0.3 is 9.80 Å². The van der Waals surface area contributed by atoms with Crippen LogP contribution in [0.25, 0.3) is 11.0 Å². The van der Waals surface area contributed by atoms with Crippen LogP contribution in [-0.2, 0) is 10.0 Å². The highest BCUT2D eigenvalue weighted by molar-refractivity contribution is 7.89. The Morgan fingerprint density at radius 2 is 1.56 bits per heavy atom. The Morgan fingerprint density at radius 3 is 2.31 bits per heavy atom. The standard InChI is InChI=1S/C23H26ClN5O2S/c24-18-5-4-6-19(15-18)27-11-13-28(14-12-27)23-17-25-22-16-20(7-8-21(22)26-23)32(30,31)29-9-2-1-3-10-29/h4-8,15-17H,1-3,9-14H2. The molecule has 168 valence electrons. The van der Waals surface area contributed by atoms with E-state index in [1.165, 1.54) is 0 Å². The summed E-state index contributed by atoms with van der Waals surface area (Å²) in [4.78, 5) is 14.1. The van der Waals surface area contributed by atoms with Crippen LogP contribution in [0, 0.1) is 0 Å². The van der Waals surface area contributed by atoms with Crippen LogP contribution < -0.4 is 9.80 Å². The summed E-state index contributed by atoms with van der Waals surface area (Å²) in [7, 11) is -3.48. The van der Waals surface area contributed by atoms with Crippen LogP contribution >= 0.6 is 11.6 Å². The summed E-state index contributed by atoms with van der Waals surface area (Å²) >= 11 is 6.13. The van der Waals surface area contributed by atoms with Gasteiger partial charge in [0.25, 0.3) is 0 Å². The smallest absolute Gasteiger partial charge is 0.243 e. The van der Waals surface area contributed by atoms with Gasteiger partial charge >= 0.3 is 0 Å². The van der Waals surface area contributed by atoms with Crippen LogP contribution in [0.15, 0.2) is 53.6 Å². The lowest BCUT2D eigenvalue weighted by molar-refractivity contribution is 0.346. The third-order valence-corrected chi connectivity index (χ3v) is 8.36. The zero-order valence-corrected chi connectivity index (χ0v) is 19.4. The molecule has 0 N–H and O–H groups in total. The number of halogens is 1. The third-order valence-electron chi connectivity index (χ3n) is 6.23. The lowest BCUT2D eigenvalue weighted by atomic mass is 10.2. The number of rotatable bonds is 4. The van der Waals surface area contributed by atoms with Gasteiger partial charge in [-0.3, -0.25) is 4.98 Å². The average Bonchev–Trinajstić information content (AvgIpc) is 2.84. The number of nitrogens with zero attached hydrogens (tertiary/aromatic N) is 5. The van der Waals surface area contributed by atoms with Gasteiger partial charge in [0.15, 0.2) is 0 Å². The van der Waals surface area contributed by atoms with E-state index in [-0.39, 0.29) is 0 Å². The average molecular weight is 472 g/mol. The van der Waals surface area contributed by atoms with Gasteiger partial charge in [-0.05, 0) is 49.2 Å². The number of hydrogen-bond donors (Lipinski definition) is 0. The molecular weight excluding hydrogens is 446 g/mol. The molecule has 0 aliphatic carbocycles. The van der Waals surface area contributed by atoms with E-state index in [0.717, 1.165) is 62.0 Å². The number of aromatic nitrogens is 2. The molecule has 5 rings (SSSR count). The lowest BCUT2D eigenvalue weighted by Crippen LogP contribution is -2.46. The summed E-state index contributed by atoms with van der Waals surface area (Å²) in [6, 6.07) is 13.0. The van der Waals surface area contributed by atoms with Crippen molar-refractivity contribution >= 4 is 44.2 Å². The molecule has 0 radical (unpaired) electrons. The highest BCUT2D eigenvalue weighted by Crippen LogP contribution is 2.25. The van der Waals surface area contributed by atoms with Gasteiger partial charge in [0.2, 0.25) is 10.0 Å². The minimum Gasteiger partial charge on any atom is -0.368 e. The molecule has 2 saturated heterocycles. The number of fused-ring (bicyclic) bond motifs is 1. The Labute approximate surface area is 193 Å². The van der Waals surface area contributed by atoms with Gasteiger partial charge in [-0.25, -0.2) is 13.4 Å². The van der Waals surface area contributed by atoms with Gasteiger partial charge in [-0.2, -0.15) is 4.31 Å². The van der Waals surface area contributed by atoms with Crippen molar-refractivity contribution in [3.05, 3.63) is 53.7 Å². The Bertz CT molecular complexity index is 1220. The highest BCUT2D eigenvalue weighted by atomic mass is 35.5. The Kier molecular flexibility index (Phi) is 5.92. The quantitative estimate of drug-likeness (QED) is 0.576. The fourth-order valence-electron chi connectivity index (χ4n) is 4.41. The molecule has 9 heteroatoms. The first kappa shape index (κ1) is 21.4. The molecule has 0 atom stereocenters. The Balaban J connectivity index is 1.32. The molecule has 3 aromatic rings. The van der Waals surface area contributed by atoms with Crippen molar-refractivity contribution in [2.24, 2.45) is 0 Å². The Morgan fingerprint density at radius 1 is 0.812 bits per heavy atom. The SMILES string of the molecule is O=S(=O)(c1ccc2nc(N3CCN(c4cccc(Cl)c4)CC3)cnc2c1)N1CCCCC1. The monoisotopic (exact) mass is 471 g/mol. The summed E-state index contributed by atoms with van der Waals surface area (Å²) in [6.07, 6.45) is 4.67. The molecule has 2 fully saturated rings. The summed E-state index contributed by atoms with van der Waals surface area (Å²) in [5, 5.41) is 0.743. The van der Waals surface area contributed by atoms with Crippen LogP contribution in [0.2, 0.25) is 5.02 Å². The van der Waals surface area contributed by atoms with E-state index < -0.39 is 10.0 Å². The minimum atomic E-state index is -3.48. The van der Waals surface area contributed by atoms with Gasteiger partial charge in [-0.15, -0.1) is 0 Å². The first-order chi connectivity index (χ1) is 15.5. The van der Waals surface area contributed by atoms with Gasteiger partial charge in [0.05, 0.1) is 22.1 Å². The molecule has 0 bridgehead atoms. The van der Waals surface area contributed by atoms with Crippen LogP contribution in [-0.4, -0.2) is 62.0 Å². The molecule has 0 amide bonds. The molecule has 2 aromatic carbocycles. The largest absolute Gasteiger partial charge is 0.368 e. The number of piperazine rings is 1. The van der Waals surface area contributed by atoms with Gasteiger partial charge in [-0.1, -0.05) is 24.1 Å². The van der Waals surface area contributed by atoms with Crippen LogP contribution in [0.5, 0.6) is 0 Å². The molecule has 0 spiro atoms. The maximum absolute atomic E-state index is 13.0. The number of anilines is 2. The zero-order valence-electron chi connectivity index (χ0n) is 17.8. The van der Waals surface area contributed by atoms with Crippen LogP contribution in [0.3, 0.4) is 0 Å². The summed E-state index contributed by atoms with van der Waals surface area (Å²) in [5.41, 5.74) is 2.44. The van der Waals surface area contributed by atoms with Crippen LogP contribution in [0.1, 0.15) is 19.3 Å². The Hall–Kier alpha value is -2.42. The minimum absolute atomic E-state index is 0.295. The van der Waals surface area contributed by atoms with Gasteiger partial charge in [0.1, 0.15) is 5.82 Å². The van der Waals surface area contributed by atoms with E-state index in [4.69, 9.17) is 16.6 Å². The zero-order chi connectivity index (χ0) is 22.1. The van der Waals surface area contributed by atoms with Crippen molar-refractivity contribution in [2.75, 3.05) is 49.1 Å². The fourth-order valence-corrected chi connectivity index (χ4v) is 6.14. The first-order valence-electron chi connectivity index (χ1n) is 11.0. The number of sulfonamides is 1. The molecule has 2 aliphatic heterocycles. The van der Waals surface area contributed by atoms with Crippen molar-refractivity contribution in [3.8, 4) is 0 Å². The van der Waals surface area contributed by atoms with Crippen molar-refractivity contribution in [1.82, 2.24) is 14.3 Å². The highest BCUT2D eigenvalue weighted by Gasteiger charge is 2.26. The second kappa shape index (κ2) is 8.84. The second-order valence-corrected chi connectivity index (χ2v) is 10.7. The summed E-state index contributed by atoms with van der Waals surface area (Å²) in [6.45, 7) is 4.57. The molecule has 0 unspecified atom stereocenters. The fraction of sp³-hybridized carbons (Fsp3) is 0.391.